The third-order valence-electron chi connectivity index (χ3n) is 3.14. The van der Waals surface area contributed by atoms with Gasteiger partial charge in [0, 0.05) is 20.2 Å². The first kappa shape index (κ1) is 17.8. The lowest BCUT2D eigenvalue weighted by molar-refractivity contribution is 0.0689. The van der Waals surface area contributed by atoms with E-state index in [-0.39, 0.29) is 5.91 Å². The molecule has 0 aliphatic carbocycles. The summed E-state index contributed by atoms with van der Waals surface area (Å²) < 4.78 is 5.08. The van der Waals surface area contributed by atoms with Crippen LogP contribution in [-0.2, 0) is 4.74 Å². The Balaban J connectivity index is 2.80. The van der Waals surface area contributed by atoms with E-state index in [4.69, 9.17) is 22.1 Å². The molecule has 1 aromatic rings. The molecule has 6 heteroatoms. The van der Waals surface area contributed by atoms with Gasteiger partial charge < -0.3 is 20.3 Å². The molecule has 0 saturated heterocycles. The number of nitrogens with zero attached hydrogens (tertiary/aromatic N) is 2. The third-order valence-corrected chi connectivity index (χ3v) is 3.57. The van der Waals surface area contributed by atoms with Crippen molar-refractivity contribution in [1.82, 2.24) is 9.80 Å². The highest BCUT2D eigenvalue weighted by molar-refractivity contribution is 6.36. The number of benzene rings is 1. The van der Waals surface area contributed by atoms with E-state index in [0.29, 0.717) is 36.0 Å². The largest absolute Gasteiger partial charge is 0.398 e. The van der Waals surface area contributed by atoms with E-state index in [1.54, 1.807) is 30.2 Å². The molecule has 0 atom stereocenters. The molecule has 0 bridgehead atoms. The predicted octanol–water partition coefficient (Wildman–Crippen LogP) is 1.96. The van der Waals surface area contributed by atoms with Gasteiger partial charge >= 0.3 is 0 Å². The summed E-state index contributed by atoms with van der Waals surface area (Å²) in [5.74, 6) is -0.108. The first-order valence-corrected chi connectivity index (χ1v) is 7.32. The van der Waals surface area contributed by atoms with Crippen molar-refractivity contribution in [3.05, 3.63) is 28.8 Å². The molecule has 0 heterocycles. The number of nitrogen functional groups attached to an aromatic ring is 1. The van der Waals surface area contributed by atoms with Gasteiger partial charge in [-0.2, -0.15) is 0 Å². The molecule has 1 aromatic carbocycles. The summed E-state index contributed by atoms with van der Waals surface area (Å²) in [7, 11) is 5.64. The number of halogens is 1. The minimum absolute atomic E-state index is 0.108. The molecule has 2 N–H and O–H groups in total. The van der Waals surface area contributed by atoms with Gasteiger partial charge in [0.1, 0.15) is 0 Å². The van der Waals surface area contributed by atoms with Crippen LogP contribution in [0.2, 0.25) is 5.02 Å². The SMILES string of the molecule is COCCN(CCCN(C)C)C(=O)c1cccc(N)c1Cl. The lowest BCUT2D eigenvalue weighted by Gasteiger charge is -2.24. The van der Waals surface area contributed by atoms with Crippen molar-refractivity contribution in [2.45, 2.75) is 6.42 Å². The van der Waals surface area contributed by atoms with Gasteiger partial charge in [0.15, 0.2) is 0 Å². The summed E-state index contributed by atoms with van der Waals surface area (Å²) in [4.78, 5) is 16.5. The van der Waals surface area contributed by atoms with Crippen LogP contribution in [-0.4, -0.2) is 63.2 Å². The number of nitrogens with two attached hydrogens (primary N) is 1. The second kappa shape index (κ2) is 8.87. The molecule has 0 aliphatic heterocycles. The first-order chi connectivity index (χ1) is 9.97. The number of carbonyl (C=O) groups excluding carboxylic acids is 1. The molecule has 1 rings (SSSR count). The first-order valence-electron chi connectivity index (χ1n) is 6.94. The van der Waals surface area contributed by atoms with Gasteiger partial charge in [-0.3, -0.25) is 4.79 Å². The fraction of sp³-hybridized carbons (Fsp3) is 0.533. The molecule has 21 heavy (non-hydrogen) atoms. The minimum Gasteiger partial charge on any atom is -0.398 e. The van der Waals surface area contributed by atoms with Gasteiger partial charge in [-0.1, -0.05) is 17.7 Å². The van der Waals surface area contributed by atoms with Crippen molar-refractivity contribution in [3.8, 4) is 0 Å². The van der Waals surface area contributed by atoms with Crippen molar-refractivity contribution < 1.29 is 9.53 Å². The van der Waals surface area contributed by atoms with Crippen LogP contribution in [0.1, 0.15) is 16.8 Å². The van der Waals surface area contributed by atoms with E-state index in [9.17, 15) is 4.79 Å². The van der Waals surface area contributed by atoms with Gasteiger partial charge in [0.2, 0.25) is 0 Å². The maximum Gasteiger partial charge on any atom is 0.255 e. The number of hydrogen-bond donors (Lipinski definition) is 1. The summed E-state index contributed by atoms with van der Waals surface area (Å²) in [5.41, 5.74) is 6.63. The van der Waals surface area contributed by atoms with Crippen LogP contribution >= 0.6 is 11.6 Å². The summed E-state index contributed by atoms with van der Waals surface area (Å²) in [6.07, 6.45) is 0.891. The Morgan fingerprint density at radius 3 is 2.62 bits per heavy atom. The van der Waals surface area contributed by atoms with Gasteiger partial charge in [-0.05, 0) is 39.2 Å². The van der Waals surface area contributed by atoms with E-state index >= 15 is 0 Å². The molecule has 0 unspecified atom stereocenters. The van der Waals surface area contributed by atoms with Gasteiger partial charge in [-0.15, -0.1) is 0 Å². The van der Waals surface area contributed by atoms with E-state index in [1.165, 1.54) is 0 Å². The van der Waals surface area contributed by atoms with Crippen LogP contribution in [0.4, 0.5) is 5.69 Å². The molecule has 118 valence electrons. The molecule has 1 amide bonds. The van der Waals surface area contributed by atoms with Crippen LogP contribution in [0, 0.1) is 0 Å². The normalized spacial score (nSPS) is 10.9. The van der Waals surface area contributed by atoms with Crippen molar-refractivity contribution in [3.63, 3.8) is 0 Å². The van der Waals surface area contributed by atoms with E-state index in [1.807, 2.05) is 14.1 Å². The lowest BCUT2D eigenvalue weighted by atomic mass is 10.1. The summed E-state index contributed by atoms with van der Waals surface area (Å²) >= 11 is 6.14. The number of rotatable bonds is 8. The van der Waals surface area contributed by atoms with Crippen LogP contribution in [0.25, 0.3) is 0 Å². The number of methoxy groups -OCH3 is 1. The van der Waals surface area contributed by atoms with Crippen molar-refractivity contribution in [1.29, 1.82) is 0 Å². The zero-order valence-corrected chi connectivity index (χ0v) is 13.7. The van der Waals surface area contributed by atoms with E-state index < -0.39 is 0 Å². The van der Waals surface area contributed by atoms with Crippen LogP contribution in [0.3, 0.4) is 0 Å². The minimum atomic E-state index is -0.108. The molecule has 0 spiro atoms. The maximum atomic E-state index is 12.6. The van der Waals surface area contributed by atoms with Gasteiger partial charge in [0.05, 0.1) is 22.9 Å². The Morgan fingerprint density at radius 1 is 1.29 bits per heavy atom. The quantitative estimate of drug-likeness (QED) is 0.745. The van der Waals surface area contributed by atoms with Crippen molar-refractivity contribution in [2.24, 2.45) is 0 Å². The molecule has 0 aromatic heterocycles. The zero-order valence-electron chi connectivity index (χ0n) is 12.9. The molecule has 0 aliphatic rings. The molecule has 0 fully saturated rings. The number of carbonyl (C=O) groups is 1. The molecule has 0 saturated carbocycles. The fourth-order valence-electron chi connectivity index (χ4n) is 1.98. The Kier molecular flexibility index (Phi) is 7.50. The second-order valence-corrected chi connectivity index (χ2v) is 5.53. The zero-order chi connectivity index (χ0) is 15.8. The number of ether oxygens (including phenoxy) is 1. The highest BCUT2D eigenvalue weighted by atomic mass is 35.5. The Bertz CT molecular complexity index is 466. The Morgan fingerprint density at radius 2 is 2.00 bits per heavy atom. The number of amides is 1. The number of anilines is 1. The summed E-state index contributed by atoms with van der Waals surface area (Å²) in [6.45, 7) is 2.61. The van der Waals surface area contributed by atoms with Crippen molar-refractivity contribution in [2.75, 3.05) is 53.2 Å². The van der Waals surface area contributed by atoms with Crippen LogP contribution < -0.4 is 5.73 Å². The average Bonchev–Trinajstić information content (AvgIpc) is 2.44. The maximum absolute atomic E-state index is 12.6. The predicted molar refractivity (Wildman–Crippen MR) is 86.8 cm³/mol. The standard InChI is InChI=1S/C15H24ClN3O2/c1-18(2)8-5-9-19(10-11-21-3)15(20)12-6-4-7-13(17)14(12)16/h4,6-7H,5,8-11,17H2,1-3H3. The fourth-order valence-corrected chi connectivity index (χ4v) is 2.19. The molecular weight excluding hydrogens is 290 g/mol. The van der Waals surface area contributed by atoms with E-state index in [0.717, 1.165) is 13.0 Å². The highest BCUT2D eigenvalue weighted by Crippen LogP contribution is 2.24. The van der Waals surface area contributed by atoms with Gasteiger partial charge in [0.25, 0.3) is 5.91 Å². The van der Waals surface area contributed by atoms with Crippen LogP contribution in [0.15, 0.2) is 18.2 Å². The smallest absolute Gasteiger partial charge is 0.255 e. The third kappa shape index (κ3) is 5.53. The van der Waals surface area contributed by atoms with Gasteiger partial charge in [-0.25, -0.2) is 0 Å². The number of hydrogen-bond acceptors (Lipinski definition) is 4. The molecular formula is C15H24ClN3O2. The second-order valence-electron chi connectivity index (χ2n) is 5.15. The van der Waals surface area contributed by atoms with Crippen molar-refractivity contribution >= 4 is 23.2 Å². The topological polar surface area (TPSA) is 58.8 Å². The highest BCUT2D eigenvalue weighted by Gasteiger charge is 2.19. The average molecular weight is 314 g/mol. The molecule has 0 radical (unpaired) electrons. The summed E-state index contributed by atoms with van der Waals surface area (Å²) in [5, 5.41) is 0.317. The Hall–Kier alpha value is -1.30. The summed E-state index contributed by atoms with van der Waals surface area (Å²) in [6, 6.07) is 5.13. The molecule has 5 nitrogen and oxygen atoms in total. The van der Waals surface area contributed by atoms with E-state index in [2.05, 4.69) is 4.90 Å². The Labute approximate surface area is 131 Å². The monoisotopic (exact) mass is 313 g/mol. The van der Waals surface area contributed by atoms with Crippen LogP contribution in [0.5, 0.6) is 0 Å². The lowest BCUT2D eigenvalue weighted by Crippen LogP contribution is -2.36.